The number of hydrogen-bond acceptors (Lipinski definition) is 3. The molecule has 0 amide bonds. The maximum absolute atomic E-state index is 9.31. The highest BCUT2D eigenvalue weighted by molar-refractivity contribution is 5.46. The number of imidazole rings is 1. The predicted octanol–water partition coefficient (Wildman–Crippen LogP) is 3.14. The molecule has 1 heterocycles. The molecule has 1 aromatic heterocycles. The molecule has 4 heteroatoms. The summed E-state index contributed by atoms with van der Waals surface area (Å²) in [6, 6.07) is 11.9. The van der Waals surface area contributed by atoms with Crippen molar-refractivity contribution in [3.05, 3.63) is 48.5 Å². The smallest absolute Gasteiger partial charge is 0.156 e. The van der Waals surface area contributed by atoms with E-state index in [-0.39, 0.29) is 6.04 Å². The van der Waals surface area contributed by atoms with Crippen molar-refractivity contribution < 1.29 is 0 Å². The molecule has 0 spiro atoms. The van der Waals surface area contributed by atoms with Crippen LogP contribution in [0, 0.1) is 11.3 Å². The summed E-state index contributed by atoms with van der Waals surface area (Å²) in [6.45, 7) is 4.14. The first-order valence-electron chi connectivity index (χ1n) is 5.95. The molecule has 0 aliphatic carbocycles. The lowest BCUT2D eigenvalue weighted by Gasteiger charge is -2.17. The normalized spacial score (nSPS) is 12.1. The fourth-order valence-corrected chi connectivity index (χ4v) is 1.84. The number of nitrogens with zero attached hydrogens (tertiary/aromatic N) is 3. The molecule has 92 valence electrons. The van der Waals surface area contributed by atoms with Gasteiger partial charge in [-0.25, -0.2) is 4.98 Å². The van der Waals surface area contributed by atoms with Crippen molar-refractivity contribution in [2.24, 2.45) is 0 Å². The van der Waals surface area contributed by atoms with Gasteiger partial charge in [-0.05, 0) is 26.0 Å². The molecule has 1 aromatic carbocycles. The number of nitrogens with one attached hydrogen (secondary N) is 1. The Hall–Kier alpha value is -2.28. The minimum atomic E-state index is -0.391. The molecule has 0 radical (unpaired) electrons. The highest BCUT2D eigenvalue weighted by atomic mass is 15.1. The van der Waals surface area contributed by atoms with E-state index in [0.717, 1.165) is 11.4 Å². The summed E-state index contributed by atoms with van der Waals surface area (Å²) in [5.41, 5.74) is 1.82. The molecule has 4 nitrogen and oxygen atoms in total. The van der Waals surface area contributed by atoms with Crippen LogP contribution in [0.2, 0.25) is 0 Å². The molecule has 0 fully saturated rings. The Kier molecular flexibility index (Phi) is 3.63. The first-order valence-corrected chi connectivity index (χ1v) is 5.95. The molecule has 1 unspecified atom stereocenters. The van der Waals surface area contributed by atoms with Gasteiger partial charge in [-0.15, -0.1) is 0 Å². The minimum absolute atomic E-state index is 0.288. The van der Waals surface area contributed by atoms with Gasteiger partial charge < -0.3 is 9.88 Å². The Morgan fingerprint density at radius 3 is 2.61 bits per heavy atom. The number of anilines is 1. The molecule has 2 aromatic rings. The largest absolute Gasteiger partial charge is 0.365 e. The summed E-state index contributed by atoms with van der Waals surface area (Å²) in [5.74, 6) is 0. The van der Waals surface area contributed by atoms with Gasteiger partial charge in [0.05, 0.1) is 24.3 Å². The van der Waals surface area contributed by atoms with Gasteiger partial charge in [0.15, 0.2) is 6.04 Å². The van der Waals surface area contributed by atoms with Gasteiger partial charge in [-0.1, -0.05) is 18.2 Å². The zero-order valence-corrected chi connectivity index (χ0v) is 10.5. The summed E-state index contributed by atoms with van der Waals surface area (Å²) >= 11 is 0. The van der Waals surface area contributed by atoms with Crippen LogP contribution in [0.3, 0.4) is 0 Å². The van der Waals surface area contributed by atoms with E-state index in [1.54, 1.807) is 12.5 Å². The third-order valence-electron chi connectivity index (χ3n) is 2.76. The van der Waals surface area contributed by atoms with Crippen molar-refractivity contribution in [1.29, 1.82) is 5.26 Å². The van der Waals surface area contributed by atoms with Crippen LogP contribution >= 0.6 is 0 Å². The topological polar surface area (TPSA) is 53.6 Å². The lowest BCUT2D eigenvalue weighted by Crippen LogP contribution is -2.14. The van der Waals surface area contributed by atoms with Crippen LogP contribution in [0.4, 0.5) is 5.69 Å². The third kappa shape index (κ3) is 2.51. The van der Waals surface area contributed by atoms with Crippen molar-refractivity contribution in [3.63, 3.8) is 0 Å². The Balaban J connectivity index is 2.24. The Labute approximate surface area is 107 Å². The molecule has 2 rings (SSSR count). The van der Waals surface area contributed by atoms with Crippen molar-refractivity contribution >= 4 is 5.69 Å². The monoisotopic (exact) mass is 240 g/mol. The molecule has 0 aliphatic rings. The molecule has 18 heavy (non-hydrogen) atoms. The Morgan fingerprint density at radius 1 is 1.28 bits per heavy atom. The number of nitriles is 1. The second kappa shape index (κ2) is 5.37. The molecule has 0 saturated heterocycles. The molecule has 1 atom stereocenters. The lowest BCUT2D eigenvalue weighted by molar-refractivity contribution is 0.570. The molecule has 0 saturated carbocycles. The van der Waals surface area contributed by atoms with Crippen LogP contribution in [-0.4, -0.2) is 9.55 Å². The van der Waals surface area contributed by atoms with E-state index < -0.39 is 6.04 Å². The van der Waals surface area contributed by atoms with Crippen molar-refractivity contribution in [3.8, 4) is 6.07 Å². The predicted molar refractivity (Wildman–Crippen MR) is 71.0 cm³/mol. The number of benzene rings is 1. The Morgan fingerprint density at radius 2 is 2.00 bits per heavy atom. The lowest BCUT2D eigenvalue weighted by atomic mass is 10.2. The van der Waals surface area contributed by atoms with Crippen LogP contribution in [0.1, 0.15) is 31.6 Å². The van der Waals surface area contributed by atoms with Crippen LogP contribution in [0.5, 0.6) is 0 Å². The average molecular weight is 240 g/mol. The number of hydrogen-bond donors (Lipinski definition) is 1. The fourth-order valence-electron chi connectivity index (χ4n) is 1.84. The zero-order valence-electron chi connectivity index (χ0n) is 10.5. The van der Waals surface area contributed by atoms with E-state index in [0.29, 0.717) is 0 Å². The molecule has 0 aliphatic heterocycles. The maximum Gasteiger partial charge on any atom is 0.156 e. The standard InChI is InChI=1S/C14H16N4/c1-11(2)18-10-16-9-14(18)13(8-15)17-12-6-4-3-5-7-12/h3-7,9-11,13,17H,1-2H3. The van der Waals surface area contributed by atoms with Crippen molar-refractivity contribution in [1.82, 2.24) is 9.55 Å². The van der Waals surface area contributed by atoms with E-state index in [2.05, 4.69) is 30.2 Å². The van der Waals surface area contributed by atoms with E-state index in [9.17, 15) is 5.26 Å². The third-order valence-corrected chi connectivity index (χ3v) is 2.76. The summed E-state index contributed by atoms with van der Waals surface area (Å²) in [4.78, 5) is 4.13. The summed E-state index contributed by atoms with van der Waals surface area (Å²) in [7, 11) is 0. The second-order valence-corrected chi connectivity index (χ2v) is 4.39. The van der Waals surface area contributed by atoms with Gasteiger partial charge in [0, 0.05) is 11.7 Å². The number of aromatic nitrogens is 2. The summed E-state index contributed by atoms with van der Waals surface area (Å²) < 4.78 is 2.00. The van der Waals surface area contributed by atoms with Gasteiger partial charge in [0.2, 0.25) is 0 Å². The van der Waals surface area contributed by atoms with Crippen molar-refractivity contribution in [2.45, 2.75) is 25.9 Å². The first-order chi connectivity index (χ1) is 8.72. The quantitative estimate of drug-likeness (QED) is 0.893. The highest BCUT2D eigenvalue weighted by Gasteiger charge is 2.16. The summed E-state index contributed by atoms with van der Waals surface area (Å²) in [6.07, 6.45) is 3.50. The van der Waals surface area contributed by atoms with E-state index in [4.69, 9.17) is 0 Å². The van der Waals surface area contributed by atoms with E-state index in [1.807, 2.05) is 34.9 Å². The molecular weight excluding hydrogens is 224 g/mol. The van der Waals surface area contributed by atoms with E-state index in [1.165, 1.54) is 0 Å². The average Bonchev–Trinajstić information content (AvgIpc) is 2.86. The molecular formula is C14H16N4. The van der Waals surface area contributed by atoms with Crippen LogP contribution in [-0.2, 0) is 0 Å². The molecule has 1 N–H and O–H groups in total. The second-order valence-electron chi connectivity index (χ2n) is 4.39. The maximum atomic E-state index is 9.31. The van der Waals surface area contributed by atoms with Crippen molar-refractivity contribution in [2.75, 3.05) is 5.32 Å². The van der Waals surface area contributed by atoms with Gasteiger partial charge in [0.25, 0.3) is 0 Å². The first kappa shape index (κ1) is 12.2. The minimum Gasteiger partial charge on any atom is -0.365 e. The van der Waals surface area contributed by atoms with Gasteiger partial charge >= 0.3 is 0 Å². The van der Waals surface area contributed by atoms with Crippen LogP contribution in [0.15, 0.2) is 42.9 Å². The van der Waals surface area contributed by atoms with Gasteiger partial charge in [-0.2, -0.15) is 5.26 Å². The van der Waals surface area contributed by atoms with Gasteiger partial charge in [-0.3, -0.25) is 0 Å². The number of rotatable bonds is 4. The fraction of sp³-hybridized carbons (Fsp3) is 0.286. The van der Waals surface area contributed by atoms with E-state index >= 15 is 0 Å². The SMILES string of the molecule is CC(C)n1cncc1C(C#N)Nc1ccccc1. The summed E-state index contributed by atoms with van der Waals surface area (Å²) in [5, 5.41) is 12.5. The number of para-hydroxylation sites is 1. The van der Waals surface area contributed by atoms with Gasteiger partial charge in [0.1, 0.15) is 0 Å². The Bertz CT molecular complexity index is 536. The van der Waals surface area contributed by atoms with Crippen LogP contribution in [0.25, 0.3) is 0 Å². The highest BCUT2D eigenvalue weighted by Crippen LogP contribution is 2.21. The zero-order chi connectivity index (χ0) is 13.0. The molecule has 0 bridgehead atoms. The van der Waals surface area contributed by atoms with Crippen LogP contribution < -0.4 is 5.32 Å².